The maximum absolute atomic E-state index is 9.81. The lowest BCUT2D eigenvalue weighted by atomic mass is 9.93. The van der Waals surface area contributed by atoms with Crippen molar-refractivity contribution in [2.75, 3.05) is 13.1 Å². The lowest BCUT2D eigenvalue weighted by molar-refractivity contribution is 0.0313. The van der Waals surface area contributed by atoms with Crippen molar-refractivity contribution in [1.82, 2.24) is 10.4 Å². The second kappa shape index (κ2) is 5.10. The number of nitrogens with one attached hydrogen (secondary N) is 1. The van der Waals surface area contributed by atoms with Crippen LogP contribution in [0.25, 0.3) is 0 Å². The molecule has 1 heterocycles. The Kier molecular flexibility index (Phi) is 3.79. The molecule has 0 aromatic carbocycles. The van der Waals surface area contributed by atoms with Crippen molar-refractivity contribution in [3.8, 4) is 0 Å². The van der Waals surface area contributed by atoms with Crippen LogP contribution in [0.3, 0.4) is 0 Å². The molecule has 0 bridgehead atoms. The number of hydrazine groups is 1. The molecule has 2 fully saturated rings. The predicted molar refractivity (Wildman–Crippen MR) is 56.8 cm³/mol. The zero-order chi connectivity index (χ0) is 9.80. The van der Waals surface area contributed by atoms with Crippen LogP contribution in [0.2, 0.25) is 0 Å². The van der Waals surface area contributed by atoms with E-state index in [-0.39, 0.29) is 6.10 Å². The first-order valence-electron chi connectivity index (χ1n) is 6.05. The van der Waals surface area contributed by atoms with Gasteiger partial charge in [-0.15, -0.1) is 0 Å². The van der Waals surface area contributed by atoms with Gasteiger partial charge in [0.05, 0.1) is 6.10 Å². The summed E-state index contributed by atoms with van der Waals surface area (Å²) in [4.78, 5) is 0. The molecule has 14 heavy (non-hydrogen) atoms. The fourth-order valence-corrected chi connectivity index (χ4v) is 2.52. The highest BCUT2D eigenvalue weighted by atomic mass is 16.3. The molecule has 1 saturated heterocycles. The molecule has 3 heteroatoms. The molecule has 2 N–H and O–H groups in total. The molecule has 82 valence electrons. The maximum Gasteiger partial charge on any atom is 0.0706 e. The average molecular weight is 198 g/mol. The maximum atomic E-state index is 9.81. The van der Waals surface area contributed by atoms with Crippen molar-refractivity contribution >= 4 is 0 Å². The molecule has 2 rings (SSSR count). The van der Waals surface area contributed by atoms with Gasteiger partial charge in [0.15, 0.2) is 0 Å². The summed E-state index contributed by atoms with van der Waals surface area (Å²) in [5, 5.41) is 12.1. The van der Waals surface area contributed by atoms with E-state index < -0.39 is 0 Å². The fraction of sp³-hybridized carbons (Fsp3) is 1.00. The Labute approximate surface area is 86.5 Å². The van der Waals surface area contributed by atoms with Crippen LogP contribution in [-0.2, 0) is 0 Å². The first-order valence-corrected chi connectivity index (χ1v) is 6.05. The van der Waals surface area contributed by atoms with E-state index >= 15 is 0 Å². The highest BCUT2D eigenvalue weighted by molar-refractivity contribution is 4.80. The van der Waals surface area contributed by atoms with Gasteiger partial charge in [-0.3, -0.25) is 0 Å². The minimum Gasteiger partial charge on any atom is -0.391 e. The van der Waals surface area contributed by atoms with Gasteiger partial charge in [0.2, 0.25) is 0 Å². The number of rotatable bonds is 2. The van der Waals surface area contributed by atoms with Crippen molar-refractivity contribution in [1.29, 1.82) is 0 Å². The summed E-state index contributed by atoms with van der Waals surface area (Å²) >= 11 is 0. The lowest BCUT2D eigenvalue weighted by Crippen LogP contribution is -2.52. The van der Waals surface area contributed by atoms with E-state index in [9.17, 15) is 5.11 Å². The second-order valence-corrected chi connectivity index (χ2v) is 4.64. The van der Waals surface area contributed by atoms with Crippen molar-refractivity contribution in [3.63, 3.8) is 0 Å². The SMILES string of the molecule is OC1CCCCC1NN1CCCCC1. The van der Waals surface area contributed by atoms with Crippen LogP contribution in [0.5, 0.6) is 0 Å². The molecular weight excluding hydrogens is 176 g/mol. The Morgan fingerprint density at radius 1 is 0.929 bits per heavy atom. The number of aliphatic hydroxyl groups is 1. The Balaban J connectivity index is 1.76. The second-order valence-electron chi connectivity index (χ2n) is 4.64. The van der Waals surface area contributed by atoms with Crippen LogP contribution in [-0.4, -0.2) is 35.4 Å². The normalized spacial score (nSPS) is 35.8. The van der Waals surface area contributed by atoms with Crippen molar-refractivity contribution in [3.05, 3.63) is 0 Å². The third-order valence-electron chi connectivity index (χ3n) is 3.43. The van der Waals surface area contributed by atoms with Gasteiger partial charge in [0.1, 0.15) is 0 Å². The van der Waals surface area contributed by atoms with Gasteiger partial charge in [0, 0.05) is 19.1 Å². The Morgan fingerprint density at radius 2 is 1.64 bits per heavy atom. The third kappa shape index (κ3) is 2.69. The zero-order valence-corrected chi connectivity index (χ0v) is 8.91. The molecule has 1 aliphatic carbocycles. The number of aliphatic hydroxyl groups excluding tert-OH is 1. The monoisotopic (exact) mass is 198 g/mol. The Hall–Kier alpha value is -0.120. The largest absolute Gasteiger partial charge is 0.391 e. The molecule has 2 aliphatic rings. The topological polar surface area (TPSA) is 35.5 Å². The quantitative estimate of drug-likeness (QED) is 0.701. The van der Waals surface area contributed by atoms with E-state index in [2.05, 4.69) is 10.4 Å². The summed E-state index contributed by atoms with van der Waals surface area (Å²) in [6, 6.07) is 0.321. The van der Waals surface area contributed by atoms with Gasteiger partial charge < -0.3 is 5.11 Å². The summed E-state index contributed by atoms with van der Waals surface area (Å²) in [6.45, 7) is 2.31. The van der Waals surface area contributed by atoms with Crippen LogP contribution >= 0.6 is 0 Å². The summed E-state index contributed by atoms with van der Waals surface area (Å²) in [5.41, 5.74) is 3.49. The fourth-order valence-electron chi connectivity index (χ4n) is 2.52. The number of piperidine rings is 1. The van der Waals surface area contributed by atoms with E-state index in [0.29, 0.717) is 6.04 Å². The molecule has 1 saturated carbocycles. The van der Waals surface area contributed by atoms with Crippen molar-refractivity contribution < 1.29 is 5.11 Å². The molecule has 0 amide bonds. The van der Waals surface area contributed by atoms with Crippen LogP contribution in [0.4, 0.5) is 0 Å². The molecule has 2 atom stereocenters. The number of hydrogen-bond acceptors (Lipinski definition) is 3. The van der Waals surface area contributed by atoms with Gasteiger partial charge >= 0.3 is 0 Å². The minimum atomic E-state index is -0.120. The predicted octanol–water partition coefficient (Wildman–Crippen LogP) is 1.28. The molecule has 0 aromatic rings. The average Bonchev–Trinajstić information content (AvgIpc) is 2.23. The van der Waals surface area contributed by atoms with Gasteiger partial charge in [-0.2, -0.15) is 0 Å². The minimum absolute atomic E-state index is 0.120. The molecule has 0 spiro atoms. The van der Waals surface area contributed by atoms with Gasteiger partial charge in [-0.05, 0) is 25.7 Å². The van der Waals surface area contributed by atoms with Crippen LogP contribution in [0, 0.1) is 0 Å². The van der Waals surface area contributed by atoms with E-state index in [1.54, 1.807) is 0 Å². The third-order valence-corrected chi connectivity index (χ3v) is 3.43. The summed E-state index contributed by atoms with van der Waals surface area (Å²) in [7, 11) is 0. The van der Waals surface area contributed by atoms with Gasteiger partial charge in [-0.1, -0.05) is 19.3 Å². The van der Waals surface area contributed by atoms with Gasteiger partial charge in [0.25, 0.3) is 0 Å². The van der Waals surface area contributed by atoms with E-state index in [1.807, 2.05) is 0 Å². The summed E-state index contributed by atoms with van der Waals surface area (Å²) < 4.78 is 0. The molecule has 1 aliphatic heterocycles. The molecule has 3 nitrogen and oxygen atoms in total. The van der Waals surface area contributed by atoms with Crippen LogP contribution in [0.1, 0.15) is 44.9 Å². The Morgan fingerprint density at radius 3 is 2.36 bits per heavy atom. The van der Waals surface area contributed by atoms with Crippen LogP contribution < -0.4 is 5.43 Å². The molecule has 0 radical (unpaired) electrons. The first kappa shape index (κ1) is 10.4. The molecule has 2 unspecified atom stereocenters. The standard InChI is InChI=1S/C11H22N2O/c14-11-7-3-2-6-10(11)12-13-8-4-1-5-9-13/h10-12,14H,1-9H2. The van der Waals surface area contributed by atoms with E-state index in [0.717, 1.165) is 25.9 Å². The Bertz CT molecular complexity index is 169. The molecular formula is C11H22N2O. The van der Waals surface area contributed by atoms with Crippen molar-refractivity contribution in [2.24, 2.45) is 0 Å². The lowest BCUT2D eigenvalue weighted by Gasteiger charge is -2.35. The van der Waals surface area contributed by atoms with Crippen molar-refractivity contribution in [2.45, 2.75) is 57.1 Å². The highest BCUT2D eigenvalue weighted by Crippen LogP contribution is 2.19. The number of nitrogens with zero attached hydrogens (tertiary/aromatic N) is 1. The number of hydrogen-bond donors (Lipinski definition) is 2. The summed E-state index contributed by atoms with van der Waals surface area (Å²) in [5.74, 6) is 0. The highest BCUT2D eigenvalue weighted by Gasteiger charge is 2.24. The smallest absolute Gasteiger partial charge is 0.0706 e. The molecule has 0 aromatic heterocycles. The summed E-state index contributed by atoms with van der Waals surface area (Å²) in [6.07, 6.45) is 8.42. The van der Waals surface area contributed by atoms with E-state index in [1.165, 1.54) is 32.1 Å². The first-order chi connectivity index (χ1) is 6.86. The van der Waals surface area contributed by atoms with Crippen LogP contribution in [0.15, 0.2) is 0 Å². The van der Waals surface area contributed by atoms with E-state index in [4.69, 9.17) is 0 Å². The zero-order valence-electron chi connectivity index (χ0n) is 8.91. The van der Waals surface area contributed by atoms with Gasteiger partial charge in [-0.25, -0.2) is 10.4 Å².